The summed E-state index contributed by atoms with van der Waals surface area (Å²) in [6.45, 7) is 0. The van der Waals surface area contributed by atoms with Gasteiger partial charge in [-0.25, -0.2) is 33.3 Å². The van der Waals surface area contributed by atoms with Crippen LogP contribution in [0, 0.1) is 0 Å². The monoisotopic (exact) mass is 551 g/mol. The zero-order valence-corrected chi connectivity index (χ0v) is 21.7. The van der Waals surface area contributed by atoms with Gasteiger partial charge in [0.05, 0.1) is 34.8 Å². The molecular formula is C24H21N7O5S2. The standard InChI is InChI=1S/C24H21N7O5S2/c1-35-19-10-16-18(11-20(19)36-2)26-12-27-22(16)28-14-6-7-17-21(9-14)37-24(30-17)31-23(32)29-13-4-3-5-15(8-13)38(25,33)34/h3-12H,1-2H3,(H2,25,33,34)(H,26,27,28)(H2,29,30,31,32). The lowest BCUT2D eigenvalue weighted by Crippen LogP contribution is -2.20. The Morgan fingerprint density at radius 2 is 1.71 bits per heavy atom. The molecule has 2 amide bonds. The number of ether oxygens (including phenoxy) is 2. The number of rotatable bonds is 7. The van der Waals surface area contributed by atoms with Gasteiger partial charge in [-0.15, -0.1) is 0 Å². The lowest BCUT2D eigenvalue weighted by Gasteiger charge is -2.12. The van der Waals surface area contributed by atoms with Crippen molar-refractivity contribution >= 4 is 70.8 Å². The highest BCUT2D eigenvalue weighted by atomic mass is 32.2. The van der Waals surface area contributed by atoms with Crippen molar-refractivity contribution in [3.63, 3.8) is 0 Å². The zero-order valence-electron chi connectivity index (χ0n) is 20.1. The average Bonchev–Trinajstić information content (AvgIpc) is 3.29. The second kappa shape index (κ2) is 10.1. The molecule has 5 N–H and O–H groups in total. The van der Waals surface area contributed by atoms with Crippen molar-refractivity contribution in [1.29, 1.82) is 0 Å². The maximum absolute atomic E-state index is 12.5. The molecule has 0 fully saturated rings. The van der Waals surface area contributed by atoms with Crippen LogP contribution in [0.3, 0.4) is 0 Å². The first-order valence-electron chi connectivity index (χ1n) is 11.0. The molecule has 5 rings (SSSR count). The van der Waals surface area contributed by atoms with E-state index in [2.05, 4.69) is 30.9 Å². The summed E-state index contributed by atoms with van der Waals surface area (Å²) in [6.07, 6.45) is 1.46. The van der Waals surface area contributed by atoms with E-state index in [0.29, 0.717) is 33.5 Å². The number of nitrogens with zero attached hydrogens (tertiary/aromatic N) is 3. The number of hydrogen-bond donors (Lipinski definition) is 4. The van der Waals surface area contributed by atoms with Crippen LogP contribution in [-0.2, 0) is 10.0 Å². The molecule has 0 saturated carbocycles. The summed E-state index contributed by atoms with van der Waals surface area (Å²) in [5.74, 6) is 1.71. The van der Waals surface area contributed by atoms with E-state index in [1.807, 2.05) is 18.2 Å². The van der Waals surface area contributed by atoms with E-state index < -0.39 is 16.1 Å². The Bertz CT molecular complexity index is 1790. The van der Waals surface area contributed by atoms with E-state index in [1.54, 1.807) is 32.4 Å². The van der Waals surface area contributed by atoms with Crippen LogP contribution in [0.25, 0.3) is 21.1 Å². The number of anilines is 4. The Morgan fingerprint density at radius 1 is 0.921 bits per heavy atom. The third-order valence-electron chi connectivity index (χ3n) is 5.43. The summed E-state index contributed by atoms with van der Waals surface area (Å²) >= 11 is 1.27. The Kier molecular flexibility index (Phi) is 6.67. The van der Waals surface area contributed by atoms with Crippen LogP contribution in [0.1, 0.15) is 0 Å². The van der Waals surface area contributed by atoms with Crippen molar-refractivity contribution < 1.29 is 22.7 Å². The topological polar surface area (TPSA) is 170 Å². The van der Waals surface area contributed by atoms with Gasteiger partial charge in [-0.05, 0) is 42.5 Å². The van der Waals surface area contributed by atoms with Crippen molar-refractivity contribution in [1.82, 2.24) is 15.0 Å². The van der Waals surface area contributed by atoms with Gasteiger partial charge in [0, 0.05) is 22.8 Å². The SMILES string of the molecule is COc1cc2ncnc(Nc3ccc4nc(NC(=O)Nc5cccc(S(N)(=O)=O)c5)sc4c3)c2cc1OC. The number of carbonyl (C=O) groups excluding carboxylic acids is 1. The average molecular weight is 552 g/mol. The predicted octanol–water partition coefficient (Wildman–Crippen LogP) is 4.29. The molecule has 0 spiro atoms. The molecule has 5 aromatic rings. The molecule has 0 saturated heterocycles. The normalized spacial score (nSPS) is 11.3. The molecule has 0 aliphatic carbocycles. The minimum Gasteiger partial charge on any atom is -0.493 e. The third kappa shape index (κ3) is 5.27. The number of nitrogens with two attached hydrogens (primary N) is 1. The van der Waals surface area contributed by atoms with Crippen LogP contribution >= 0.6 is 11.3 Å². The van der Waals surface area contributed by atoms with E-state index >= 15 is 0 Å². The number of fused-ring (bicyclic) bond motifs is 2. The number of amides is 2. The van der Waals surface area contributed by atoms with Gasteiger partial charge in [0.2, 0.25) is 10.0 Å². The van der Waals surface area contributed by atoms with Gasteiger partial charge in [-0.3, -0.25) is 5.32 Å². The lowest BCUT2D eigenvalue weighted by molar-refractivity contribution is 0.262. The van der Waals surface area contributed by atoms with Crippen LogP contribution in [0.5, 0.6) is 11.5 Å². The zero-order chi connectivity index (χ0) is 26.9. The number of hydrogen-bond acceptors (Lipinski definition) is 10. The minimum atomic E-state index is -3.89. The fourth-order valence-corrected chi connectivity index (χ4v) is 5.15. The van der Waals surface area contributed by atoms with Crippen LogP contribution in [0.4, 0.5) is 27.1 Å². The molecule has 2 aromatic heterocycles. The first kappa shape index (κ1) is 25.1. The molecule has 0 aliphatic heterocycles. The van der Waals surface area contributed by atoms with Crippen LogP contribution in [-0.4, -0.2) is 43.6 Å². The second-order valence-corrected chi connectivity index (χ2v) is 10.5. The van der Waals surface area contributed by atoms with E-state index in [4.69, 9.17) is 14.6 Å². The molecule has 12 nitrogen and oxygen atoms in total. The number of primary sulfonamides is 1. The molecule has 14 heteroatoms. The number of thiazole rings is 1. The summed E-state index contributed by atoms with van der Waals surface area (Å²) in [5.41, 5.74) is 2.40. The van der Waals surface area contributed by atoms with Gasteiger partial charge >= 0.3 is 6.03 Å². The Labute approximate surface area is 220 Å². The summed E-state index contributed by atoms with van der Waals surface area (Å²) in [6, 6.07) is 14.2. The lowest BCUT2D eigenvalue weighted by atomic mass is 10.2. The minimum absolute atomic E-state index is 0.107. The molecule has 0 unspecified atom stereocenters. The number of methoxy groups -OCH3 is 2. The van der Waals surface area contributed by atoms with Crippen molar-refractivity contribution in [2.75, 3.05) is 30.2 Å². The Hall–Kier alpha value is -4.53. The van der Waals surface area contributed by atoms with Gasteiger partial charge < -0.3 is 20.1 Å². The van der Waals surface area contributed by atoms with Crippen molar-refractivity contribution in [2.45, 2.75) is 4.90 Å². The predicted molar refractivity (Wildman–Crippen MR) is 146 cm³/mol. The highest BCUT2D eigenvalue weighted by Crippen LogP contribution is 2.35. The van der Waals surface area contributed by atoms with Crippen LogP contribution in [0.15, 0.2) is 65.8 Å². The highest BCUT2D eigenvalue weighted by molar-refractivity contribution is 7.89. The number of benzene rings is 3. The van der Waals surface area contributed by atoms with Crippen LogP contribution < -0.4 is 30.6 Å². The third-order valence-corrected chi connectivity index (χ3v) is 7.28. The second-order valence-electron chi connectivity index (χ2n) is 7.93. The van der Waals surface area contributed by atoms with E-state index in [9.17, 15) is 13.2 Å². The quantitative estimate of drug-likeness (QED) is 0.230. The molecule has 0 radical (unpaired) electrons. The van der Waals surface area contributed by atoms with Crippen molar-refractivity contribution in [3.8, 4) is 11.5 Å². The van der Waals surface area contributed by atoms with E-state index in [0.717, 1.165) is 15.8 Å². The van der Waals surface area contributed by atoms with E-state index in [1.165, 1.54) is 35.9 Å². The van der Waals surface area contributed by atoms with Gasteiger partial charge in [-0.2, -0.15) is 0 Å². The Balaban J connectivity index is 1.35. The van der Waals surface area contributed by atoms with Gasteiger partial charge in [0.1, 0.15) is 12.1 Å². The van der Waals surface area contributed by atoms with Crippen LogP contribution in [0.2, 0.25) is 0 Å². The van der Waals surface area contributed by atoms with Crippen molar-refractivity contribution in [2.24, 2.45) is 5.14 Å². The number of aromatic nitrogens is 3. The smallest absolute Gasteiger partial charge is 0.325 e. The number of nitrogens with one attached hydrogen (secondary N) is 3. The Morgan fingerprint density at radius 3 is 2.47 bits per heavy atom. The summed E-state index contributed by atoms with van der Waals surface area (Å²) in [4.78, 5) is 25.5. The number of sulfonamides is 1. The summed E-state index contributed by atoms with van der Waals surface area (Å²) in [7, 11) is -0.767. The van der Waals surface area contributed by atoms with Gasteiger partial charge in [0.15, 0.2) is 16.6 Å². The first-order chi connectivity index (χ1) is 18.2. The highest BCUT2D eigenvalue weighted by Gasteiger charge is 2.14. The molecule has 38 heavy (non-hydrogen) atoms. The number of urea groups is 1. The largest absolute Gasteiger partial charge is 0.493 e. The maximum Gasteiger partial charge on any atom is 0.325 e. The summed E-state index contributed by atoms with van der Waals surface area (Å²) in [5, 5.41) is 14.8. The summed E-state index contributed by atoms with van der Waals surface area (Å²) < 4.78 is 34.7. The molecule has 0 atom stereocenters. The van der Waals surface area contributed by atoms with Crippen molar-refractivity contribution in [3.05, 3.63) is 60.9 Å². The molecule has 2 heterocycles. The van der Waals surface area contributed by atoms with Gasteiger partial charge in [-0.1, -0.05) is 17.4 Å². The first-order valence-corrected chi connectivity index (χ1v) is 13.3. The molecular weight excluding hydrogens is 530 g/mol. The van der Waals surface area contributed by atoms with Gasteiger partial charge in [0.25, 0.3) is 0 Å². The molecule has 194 valence electrons. The molecule has 0 aliphatic rings. The molecule has 0 bridgehead atoms. The fourth-order valence-electron chi connectivity index (χ4n) is 3.69. The van der Waals surface area contributed by atoms with E-state index in [-0.39, 0.29) is 10.6 Å². The molecule has 3 aromatic carbocycles. The number of carbonyl (C=O) groups is 1. The fraction of sp³-hybridized carbons (Fsp3) is 0.0833. The maximum atomic E-state index is 12.5.